The molecule has 0 aliphatic rings. The van der Waals surface area contributed by atoms with Gasteiger partial charge in [-0.1, -0.05) is 133 Å². The van der Waals surface area contributed by atoms with Gasteiger partial charge in [-0.15, -0.1) is 0 Å². The summed E-state index contributed by atoms with van der Waals surface area (Å²) >= 11 is 0. The highest BCUT2D eigenvalue weighted by Crippen LogP contribution is 2.36. The van der Waals surface area contributed by atoms with E-state index in [2.05, 4.69) is 108 Å². The molecule has 9 aromatic rings. The van der Waals surface area contributed by atoms with Crippen LogP contribution in [0.2, 0.25) is 0 Å². The summed E-state index contributed by atoms with van der Waals surface area (Å²) in [6.07, 6.45) is 3.66. The lowest BCUT2D eigenvalue weighted by atomic mass is 9.93. The zero-order valence-corrected chi connectivity index (χ0v) is 28.1. The van der Waals surface area contributed by atoms with Crippen molar-refractivity contribution < 1.29 is 0 Å². The third-order valence-electron chi connectivity index (χ3n) is 9.21. The Hall–Kier alpha value is -7.11. The van der Waals surface area contributed by atoms with Gasteiger partial charge in [-0.3, -0.25) is 9.97 Å². The molecule has 0 fully saturated rings. The number of rotatable bonds is 7. The molecule has 3 aromatic heterocycles. The molecule has 0 radical (unpaired) electrons. The Balaban J connectivity index is 1.12. The van der Waals surface area contributed by atoms with Crippen LogP contribution in [-0.2, 0) is 0 Å². The summed E-state index contributed by atoms with van der Waals surface area (Å²) in [5, 5.41) is 1.09. The van der Waals surface area contributed by atoms with Crippen molar-refractivity contribution in [3.8, 4) is 78.8 Å². The summed E-state index contributed by atoms with van der Waals surface area (Å²) in [4.78, 5) is 24.3. The van der Waals surface area contributed by atoms with Gasteiger partial charge in [0.05, 0.1) is 11.2 Å². The fourth-order valence-electron chi connectivity index (χ4n) is 6.59. The lowest BCUT2D eigenvalue weighted by Gasteiger charge is -2.13. The lowest BCUT2D eigenvalue weighted by molar-refractivity contribution is 1.07. The summed E-state index contributed by atoms with van der Waals surface area (Å²) in [6, 6.07) is 60.4. The van der Waals surface area contributed by atoms with E-state index in [0.717, 1.165) is 61.1 Å². The maximum Gasteiger partial charge on any atom is 0.164 e. The molecule has 3 heterocycles. The highest BCUT2D eigenvalue weighted by Gasteiger charge is 2.15. The first-order chi connectivity index (χ1) is 25.7. The number of fused-ring (bicyclic) bond motifs is 1. The molecule has 0 amide bonds. The fraction of sp³-hybridized carbons (Fsp3) is 0. The van der Waals surface area contributed by atoms with Crippen molar-refractivity contribution in [1.29, 1.82) is 0 Å². The van der Waals surface area contributed by atoms with Crippen LogP contribution in [0, 0.1) is 0 Å². The van der Waals surface area contributed by atoms with Gasteiger partial charge < -0.3 is 0 Å². The Bertz CT molecular complexity index is 2660. The zero-order valence-electron chi connectivity index (χ0n) is 28.1. The molecule has 0 bridgehead atoms. The van der Waals surface area contributed by atoms with E-state index in [4.69, 9.17) is 19.9 Å². The van der Waals surface area contributed by atoms with Crippen LogP contribution in [0.5, 0.6) is 0 Å². The Kier molecular flexibility index (Phi) is 8.12. The van der Waals surface area contributed by atoms with Gasteiger partial charge in [-0.05, 0) is 70.3 Å². The quantitative estimate of drug-likeness (QED) is 0.169. The number of aromatic nitrogens is 5. The Labute approximate surface area is 302 Å². The molecule has 52 heavy (non-hydrogen) atoms. The highest BCUT2D eigenvalue weighted by molar-refractivity contribution is 5.98. The van der Waals surface area contributed by atoms with Gasteiger partial charge >= 0.3 is 0 Å². The summed E-state index contributed by atoms with van der Waals surface area (Å²) in [6.45, 7) is 0. The molecule has 0 N–H and O–H groups in total. The number of nitrogens with zero attached hydrogens (tertiary/aromatic N) is 5. The van der Waals surface area contributed by atoms with E-state index in [-0.39, 0.29) is 0 Å². The predicted molar refractivity (Wildman–Crippen MR) is 211 cm³/mol. The van der Waals surface area contributed by atoms with Crippen molar-refractivity contribution in [2.45, 2.75) is 0 Å². The molecule has 9 rings (SSSR count). The summed E-state index contributed by atoms with van der Waals surface area (Å²) < 4.78 is 0. The van der Waals surface area contributed by atoms with Crippen LogP contribution < -0.4 is 0 Å². The summed E-state index contributed by atoms with van der Waals surface area (Å²) in [5.41, 5.74) is 12.4. The van der Waals surface area contributed by atoms with E-state index in [0.29, 0.717) is 17.5 Å². The van der Waals surface area contributed by atoms with Gasteiger partial charge in [-0.2, -0.15) is 0 Å². The molecule has 0 atom stereocenters. The van der Waals surface area contributed by atoms with Crippen LogP contribution in [0.25, 0.3) is 89.7 Å². The average molecular weight is 666 g/mol. The molecule has 0 saturated heterocycles. The number of hydrogen-bond donors (Lipinski definition) is 0. The van der Waals surface area contributed by atoms with E-state index in [1.807, 2.05) is 79.0 Å². The van der Waals surface area contributed by atoms with Gasteiger partial charge in [0.2, 0.25) is 0 Å². The van der Waals surface area contributed by atoms with E-state index in [9.17, 15) is 0 Å². The minimum atomic E-state index is 0.603. The van der Waals surface area contributed by atoms with Crippen LogP contribution in [0.3, 0.4) is 0 Å². The smallest absolute Gasteiger partial charge is 0.164 e. The predicted octanol–water partition coefficient (Wildman–Crippen LogP) is 11.5. The molecule has 0 spiro atoms. The standard InChI is InChI=1S/C47H31N5/c1-3-12-32(13-4-1)36-16-9-17-37(28-36)41-30-39-20-11-27-49-44(39)42(31-41)33-22-24-35(25-23-33)46-50-45(34-14-5-2-6-15-34)51-47(52-46)40-19-10-18-38(29-40)43-21-7-8-26-48-43/h1-31H. The summed E-state index contributed by atoms with van der Waals surface area (Å²) in [7, 11) is 0. The second-order valence-electron chi connectivity index (χ2n) is 12.6. The Morgan fingerprint density at radius 3 is 1.54 bits per heavy atom. The minimum absolute atomic E-state index is 0.603. The molecule has 0 aliphatic carbocycles. The average Bonchev–Trinajstić information content (AvgIpc) is 3.24. The van der Waals surface area contributed by atoms with Crippen molar-refractivity contribution >= 4 is 10.9 Å². The maximum atomic E-state index is 5.02. The van der Waals surface area contributed by atoms with Gasteiger partial charge in [0, 0.05) is 45.6 Å². The van der Waals surface area contributed by atoms with E-state index in [1.165, 1.54) is 11.1 Å². The monoisotopic (exact) mass is 665 g/mol. The van der Waals surface area contributed by atoms with Crippen molar-refractivity contribution in [3.05, 3.63) is 188 Å². The van der Waals surface area contributed by atoms with Crippen LogP contribution in [0.4, 0.5) is 0 Å². The Morgan fingerprint density at radius 2 is 0.827 bits per heavy atom. The SMILES string of the molecule is c1ccc(-c2cccc(-c3cc(-c4ccc(-c5nc(-c6ccccc6)nc(-c6cccc(-c7ccccn7)c6)n5)cc4)c4ncccc4c3)c2)cc1. The third-order valence-corrected chi connectivity index (χ3v) is 9.21. The normalized spacial score (nSPS) is 11.1. The molecule has 0 unspecified atom stereocenters. The molecule has 6 aromatic carbocycles. The van der Waals surface area contributed by atoms with Gasteiger partial charge in [0.1, 0.15) is 0 Å². The van der Waals surface area contributed by atoms with Crippen molar-refractivity contribution in [2.24, 2.45) is 0 Å². The van der Waals surface area contributed by atoms with E-state index in [1.54, 1.807) is 6.20 Å². The number of benzene rings is 6. The summed E-state index contributed by atoms with van der Waals surface area (Å²) in [5.74, 6) is 1.83. The van der Waals surface area contributed by atoms with Crippen molar-refractivity contribution in [2.75, 3.05) is 0 Å². The van der Waals surface area contributed by atoms with Gasteiger partial charge in [0.25, 0.3) is 0 Å². The molecule has 244 valence electrons. The van der Waals surface area contributed by atoms with Crippen molar-refractivity contribution in [3.63, 3.8) is 0 Å². The lowest BCUT2D eigenvalue weighted by Crippen LogP contribution is -2.00. The first-order valence-electron chi connectivity index (χ1n) is 17.2. The van der Waals surface area contributed by atoms with E-state index >= 15 is 0 Å². The highest BCUT2D eigenvalue weighted by atomic mass is 15.0. The number of hydrogen-bond acceptors (Lipinski definition) is 5. The molecule has 5 nitrogen and oxygen atoms in total. The minimum Gasteiger partial charge on any atom is -0.256 e. The van der Waals surface area contributed by atoms with Crippen molar-refractivity contribution in [1.82, 2.24) is 24.9 Å². The Morgan fingerprint density at radius 1 is 0.288 bits per heavy atom. The maximum absolute atomic E-state index is 5.02. The second-order valence-corrected chi connectivity index (χ2v) is 12.6. The van der Waals surface area contributed by atoms with Crippen LogP contribution in [-0.4, -0.2) is 24.9 Å². The van der Waals surface area contributed by atoms with E-state index < -0.39 is 0 Å². The molecule has 5 heteroatoms. The van der Waals surface area contributed by atoms with Crippen LogP contribution in [0.15, 0.2) is 188 Å². The molecule has 0 saturated carbocycles. The molecular weight excluding hydrogens is 635 g/mol. The third kappa shape index (κ3) is 6.23. The molecular formula is C47H31N5. The van der Waals surface area contributed by atoms with Gasteiger partial charge in [0.15, 0.2) is 17.5 Å². The van der Waals surface area contributed by atoms with Gasteiger partial charge in [-0.25, -0.2) is 15.0 Å². The molecule has 0 aliphatic heterocycles. The fourth-order valence-corrected chi connectivity index (χ4v) is 6.59. The topological polar surface area (TPSA) is 64.5 Å². The van der Waals surface area contributed by atoms with Crippen LogP contribution >= 0.6 is 0 Å². The zero-order chi connectivity index (χ0) is 34.7. The first kappa shape index (κ1) is 30.9. The second kappa shape index (κ2) is 13.7. The first-order valence-corrected chi connectivity index (χ1v) is 17.2. The number of pyridine rings is 2. The largest absolute Gasteiger partial charge is 0.256 e. The van der Waals surface area contributed by atoms with Crippen LogP contribution in [0.1, 0.15) is 0 Å².